The third-order valence-electron chi connectivity index (χ3n) is 2.58. The van der Waals surface area contributed by atoms with Crippen LogP contribution in [0.1, 0.15) is 17.0 Å². The highest BCUT2D eigenvalue weighted by Gasteiger charge is 2.13. The number of nitrogens with two attached hydrogens (primary N) is 1. The fraction of sp³-hybridized carbons (Fsp3) is 0.143. The number of ether oxygens (including phenoxy) is 1. The van der Waals surface area contributed by atoms with Crippen molar-refractivity contribution in [1.82, 2.24) is 4.98 Å². The van der Waals surface area contributed by atoms with Crippen molar-refractivity contribution in [3.05, 3.63) is 53.1 Å². The molecule has 0 amide bonds. The average Bonchev–Trinajstić information content (AvgIpc) is 2.30. The minimum Gasteiger partial charge on any atom is -0.456 e. The van der Waals surface area contributed by atoms with E-state index in [0.29, 0.717) is 22.8 Å². The maximum absolute atomic E-state index is 12.9. The number of aromatic nitrogens is 1. The summed E-state index contributed by atoms with van der Waals surface area (Å²) in [6, 6.07) is 7.51. The van der Waals surface area contributed by atoms with Gasteiger partial charge in [0.2, 0.25) is 0 Å². The molecule has 0 saturated carbocycles. The number of benzene rings is 1. The number of pyridine rings is 1. The normalized spacial score (nSPS) is 10.3. The molecule has 3 nitrogen and oxygen atoms in total. The van der Waals surface area contributed by atoms with Crippen molar-refractivity contribution in [2.24, 2.45) is 5.73 Å². The molecule has 0 bridgehead atoms. The lowest BCUT2D eigenvalue weighted by Crippen LogP contribution is -2.14. The van der Waals surface area contributed by atoms with Gasteiger partial charge in [0.1, 0.15) is 22.3 Å². The highest BCUT2D eigenvalue weighted by atomic mass is 32.1. The minimum atomic E-state index is -0.316. The van der Waals surface area contributed by atoms with Crippen LogP contribution in [0.25, 0.3) is 0 Å². The van der Waals surface area contributed by atoms with Crippen LogP contribution < -0.4 is 10.5 Å². The zero-order valence-corrected chi connectivity index (χ0v) is 11.4. The second kappa shape index (κ2) is 5.32. The van der Waals surface area contributed by atoms with Gasteiger partial charge in [-0.3, -0.25) is 4.98 Å². The Balaban J connectivity index is 2.44. The topological polar surface area (TPSA) is 48.1 Å². The highest BCUT2D eigenvalue weighted by molar-refractivity contribution is 7.80. The van der Waals surface area contributed by atoms with Crippen LogP contribution in [0, 0.1) is 19.7 Å². The molecule has 2 N–H and O–H groups in total. The molecule has 1 heterocycles. The Kier molecular flexibility index (Phi) is 3.76. The lowest BCUT2D eigenvalue weighted by Gasteiger charge is -2.13. The van der Waals surface area contributed by atoms with Crippen LogP contribution in [0.5, 0.6) is 11.5 Å². The molecule has 0 atom stereocenters. The summed E-state index contributed by atoms with van der Waals surface area (Å²) in [6.07, 6.45) is 0. The zero-order chi connectivity index (χ0) is 14.0. The quantitative estimate of drug-likeness (QED) is 0.874. The lowest BCUT2D eigenvalue weighted by molar-refractivity contribution is 0.477. The van der Waals surface area contributed by atoms with Crippen molar-refractivity contribution >= 4 is 17.2 Å². The molecule has 0 aliphatic rings. The van der Waals surface area contributed by atoms with Crippen molar-refractivity contribution in [2.75, 3.05) is 0 Å². The van der Waals surface area contributed by atoms with Gasteiger partial charge in [-0.2, -0.15) is 0 Å². The number of nitrogens with zero attached hydrogens (tertiary/aromatic N) is 1. The maximum atomic E-state index is 12.9. The molecule has 0 aliphatic heterocycles. The van der Waals surface area contributed by atoms with E-state index in [2.05, 4.69) is 4.98 Å². The number of rotatable bonds is 3. The molecule has 5 heteroatoms. The van der Waals surface area contributed by atoms with E-state index in [1.807, 2.05) is 13.8 Å². The second-order valence-corrected chi connectivity index (χ2v) is 4.58. The molecule has 0 fully saturated rings. The van der Waals surface area contributed by atoms with Crippen LogP contribution in [0.15, 0.2) is 30.3 Å². The molecule has 0 saturated heterocycles. The van der Waals surface area contributed by atoms with Crippen molar-refractivity contribution < 1.29 is 9.13 Å². The first-order valence-electron chi connectivity index (χ1n) is 5.69. The summed E-state index contributed by atoms with van der Waals surface area (Å²) in [4.78, 5) is 4.53. The third kappa shape index (κ3) is 3.06. The molecule has 0 spiro atoms. The van der Waals surface area contributed by atoms with Gasteiger partial charge < -0.3 is 10.5 Å². The zero-order valence-electron chi connectivity index (χ0n) is 10.6. The molecule has 1 aromatic carbocycles. The second-order valence-electron chi connectivity index (χ2n) is 4.14. The van der Waals surface area contributed by atoms with Crippen LogP contribution in [0.2, 0.25) is 0 Å². The van der Waals surface area contributed by atoms with E-state index >= 15 is 0 Å². The van der Waals surface area contributed by atoms with Crippen molar-refractivity contribution in [2.45, 2.75) is 13.8 Å². The maximum Gasteiger partial charge on any atom is 0.141 e. The summed E-state index contributed by atoms with van der Waals surface area (Å²) < 4.78 is 18.6. The van der Waals surface area contributed by atoms with Crippen LogP contribution in [0.4, 0.5) is 4.39 Å². The molecule has 98 valence electrons. The number of halogens is 1. The SMILES string of the molecule is Cc1cc(Oc2ccc(F)cc2)c(C(N)=S)c(C)n1. The van der Waals surface area contributed by atoms with Crippen molar-refractivity contribution in [3.8, 4) is 11.5 Å². The summed E-state index contributed by atoms with van der Waals surface area (Å²) in [5.74, 6) is 0.733. The molecule has 2 aromatic rings. The molecule has 0 aliphatic carbocycles. The smallest absolute Gasteiger partial charge is 0.141 e. The summed E-state index contributed by atoms with van der Waals surface area (Å²) >= 11 is 5.02. The molecular weight excluding hydrogens is 263 g/mol. The highest BCUT2D eigenvalue weighted by Crippen LogP contribution is 2.27. The van der Waals surface area contributed by atoms with E-state index in [4.69, 9.17) is 22.7 Å². The molecule has 2 rings (SSSR count). The van der Waals surface area contributed by atoms with Gasteiger partial charge in [-0.1, -0.05) is 12.2 Å². The minimum absolute atomic E-state index is 0.224. The third-order valence-corrected chi connectivity index (χ3v) is 2.78. The van der Waals surface area contributed by atoms with Crippen molar-refractivity contribution in [3.63, 3.8) is 0 Å². The lowest BCUT2D eigenvalue weighted by atomic mass is 10.1. The van der Waals surface area contributed by atoms with Crippen LogP contribution >= 0.6 is 12.2 Å². The Hall–Kier alpha value is -2.01. The van der Waals surface area contributed by atoms with Crippen molar-refractivity contribution in [1.29, 1.82) is 0 Å². The molecular formula is C14H13FN2OS. The molecule has 1 aromatic heterocycles. The molecule has 19 heavy (non-hydrogen) atoms. The monoisotopic (exact) mass is 276 g/mol. The molecule has 0 unspecified atom stereocenters. The summed E-state index contributed by atoms with van der Waals surface area (Å²) in [5, 5.41) is 0. The van der Waals surface area contributed by atoms with E-state index in [9.17, 15) is 4.39 Å². The van der Waals surface area contributed by atoms with E-state index in [0.717, 1.165) is 5.69 Å². The van der Waals surface area contributed by atoms with Gasteiger partial charge in [-0.25, -0.2) is 4.39 Å². The number of hydrogen-bond acceptors (Lipinski definition) is 3. The summed E-state index contributed by atoms with van der Waals surface area (Å²) in [5.41, 5.74) is 7.81. The molecule has 0 radical (unpaired) electrons. The summed E-state index contributed by atoms with van der Waals surface area (Å²) in [7, 11) is 0. The fourth-order valence-electron chi connectivity index (χ4n) is 1.80. The number of thiocarbonyl (C=S) groups is 1. The van der Waals surface area contributed by atoms with Gasteiger partial charge in [-0.15, -0.1) is 0 Å². The van der Waals surface area contributed by atoms with Gasteiger partial charge in [0.05, 0.1) is 11.3 Å². The Morgan fingerprint density at radius 3 is 2.47 bits per heavy atom. The summed E-state index contributed by atoms with van der Waals surface area (Å²) in [6.45, 7) is 3.67. The predicted molar refractivity (Wildman–Crippen MR) is 76.1 cm³/mol. The Bertz CT molecular complexity index is 626. The predicted octanol–water partition coefficient (Wildman–Crippen LogP) is 3.26. The number of hydrogen-bond donors (Lipinski definition) is 1. The van der Waals surface area contributed by atoms with Gasteiger partial charge in [-0.05, 0) is 38.1 Å². The van der Waals surface area contributed by atoms with Gasteiger partial charge in [0, 0.05) is 11.8 Å². The van der Waals surface area contributed by atoms with Crippen LogP contribution in [-0.4, -0.2) is 9.97 Å². The Morgan fingerprint density at radius 1 is 1.26 bits per heavy atom. The van der Waals surface area contributed by atoms with E-state index in [1.165, 1.54) is 12.1 Å². The first-order chi connectivity index (χ1) is 8.97. The van der Waals surface area contributed by atoms with Crippen LogP contribution in [-0.2, 0) is 0 Å². The van der Waals surface area contributed by atoms with Gasteiger partial charge >= 0.3 is 0 Å². The van der Waals surface area contributed by atoms with Gasteiger partial charge in [0.25, 0.3) is 0 Å². The largest absolute Gasteiger partial charge is 0.456 e. The Labute approximate surface area is 116 Å². The first kappa shape index (κ1) is 13.4. The van der Waals surface area contributed by atoms with E-state index < -0.39 is 0 Å². The average molecular weight is 276 g/mol. The van der Waals surface area contributed by atoms with E-state index in [-0.39, 0.29) is 10.8 Å². The number of aryl methyl sites for hydroxylation is 2. The van der Waals surface area contributed by atoms with Crippen LogP contribution in [0.3, 0.4) is 0 Å². The van der Waals surface area contributed by atoms with E-state index in [1.54, 1.807) is 18.2 Å². The fourth-order valence-corrected chi connectivity index (χ4v) is 2.05. The Morgan fingerprint density at radius 2 is 1.89 bits per heavy atom. The standard InChI is InChI=1S/C14H13FN2OS/c1-8-7-12(13(14(16)19)9(2)17-8)18-11-5-3-10(15)4-6-11/h3-7H,1-2H3,(H2,16,19). The van der Waals surface area contributed by atoms with Gasteiger partial charge in [0.15, 0.2) is 0 Å². The first-order valence-corrected chi connectivity index (χ1v) is 6.09.